The van der Waals surface area contributed by atoms with Gasteiger partial charge in [0, 0.05) is 18.2 Å². The minimum atomic E-state index is 0.314. The fourth-order valence-corrected chi connectivity index (χ4v) is 2.32. The van der Waals surface area contributed by atoms with Gasteiger partial charge in [0.15, 0.2) is 0 Å². The van der Waals surface area contributed by atoms with E-state index in [0.717, 1.165) is 48.0 Å². The third kappa shape index (κ3) is 6.60. The number of benzene rings is 1. The number of rotatable bonds is 9. The van der Waals surface area contributed by atoms with Crippen LogP contribution in [0.3, 0.4) is 0 Å². The second kappa shape index (κ2) is 9.22. The predicted molar refractivity (Wildman–Crippen MR) is 85.0 cm³/mol. The average Bonchev–Trinajstić information content (AvgIpc) is 2.34. The Bertz CT molecular complexity index is 384. The van der Waals surface area contributed by atoms with Gasteiger partial charge in [-0.2, -0.15) is 0 Å². The molecule has 0 spiro atoms. The van der Waals surface area contributed by atoms with Gasteiger partial charge < -0.3 is 14.8 Å². The molecule has 4 heteroatoms. The molecule has 0 heterocycles. The van der Waals surface area contributed by atoms with E-state index in [1.54, 1.807) is 0 Å². The Morgan fingerprint density at radius 3 is 2.35 bits per heavy atom. The molecule has 1 rings (SSSR count). The number of halogens is 1. The number of aryl methyl sites for hydroxylation is 2. The van der Waals surface area contributed by atoms with Gasteiger partial charge in [-0.1, -0.05) is 11.6 Å². The van der Waals surface area contributed by atoms with Gasteiger partial charge in [0.05, 0.1) is 6.10 Å². The van der Waals surface area contributed by atoms with Crippen LogP contribution >= 0.6 is 11.6 Å². The molecule has 114 valence electrons. The fourth-order valence-electron chi connectivity index (χ4n) is 1.99. The molecule has 0 unspecified atom stereocenters. The van der Waals surface area contributed by atoms with Crippen LogP contribution in [-0.4, -0.2) is 32.4 Å². The highest BCUT2D eigenvalue weighted by Gasteiger charge is 2.05. The van der Waals surface area contributed by atoms with Crippen LogP contribution in [-0.2, 0) is 4.74 Å². The lowest BCUT2D eigenvalue weighted by molar-refractivity contribution is 0.0770. The van der Waals surface area contributed by atoms with Gasteiger partial charge in [-0.15, -0.1) is 0 Å². The molecule has 20 heavy (non-hydrogen) atoms. The van der Waals surface area contributed by atoms with Gasteiger partial charge in [-0.25, -0.2) is 0 Å². The van der Waals surface area contributed by atoms with E-state index in [-0.39, 0.29) is 0 Å². The van der Waals surface area contributed by atoms with Crippen LogP contribution in [0.2, 0.25) is 5.02 Å². The van der Waals surface area contributed by atoms with Crippen molar-refractivity contribution in [2.75, 3.05) is 26.3 Å². The first-order valence-corrected chi connectivity index (χ1v) is 7.60. The molecule has 0 aliphatic heterocycles. The summed E-state index contributed by atoms with van der Waals surface area (Å²) in [5.74, 6) is 0.944. The van der Waals surface area contributed by atoms with Gasteiger partial charge in [0.1, 0.15) is 12.4 Å². The Kier molecular flexibility index (Phi) is 7.97. The topological polar surface area (TPSA) is 30.5 Å². The highest BCUT2D eigenvalue weighted by molar-refractivity contribution is 6.30. The second-order valence-corrected chi connectivity index (χ2v) is 5.68. The SMILES string of the molecule is Cc1cc(Cl)cc(C)c1OCCNCCCOC(C)C. The van der Waals surface area contributed by atoms with Crippen LogP contribution in [0.5, 0.6) is 5.75 Å². The summed E-state index contributed by atoms with van der Waals surface area (Å²) in [6.07, 6.45) is 1.34. The summed E-state index contributed by atoms with van der Waals surface area (Å²) in [6.45, 7) is 11.4. The van der Waals surface area contributed by atoms with Crippen LogP contribution in [0.4, 0.5) is 0 Å². The zero-order chi connectivity index (χ0) is 15.0. The lowest BCUT2D eigenvalue weighted by Gasteiger charge is -2.13. The lowest BCUT2D eigenvalue weighted by Crippen LogP contribution is -2.23. The van der Waals surface area contributed by atoms with Crippen molar-refractivity contribution in [3.63, 3.8) is 0 Å². The molecule has 0 fully saturated rings. The molecule has 1 N–H and O–H groups in total. The number of hydrogen-bond donors (Lipinski definition) is 1. The van der Waals surface area contributed by atoms with Gasteiger partial charge >= 0.3 is 0 Å². The molecule has 0 amide bonds. The van der Waals surface area contributed by atoms with Crippen molar-refractivity contribution in [2.24, 2.45) is 0 Å². The molecule has 1 aromatic rings. The minimum Gasteiger partial charge on any atom is -0.492 e. The van der Waals surface area contributed by atoms with Crippen molar-refractivity contribution in [1.82, 2.24) is 5.32 Å². The standard InChI is InChI=1S/C16H26ClNO2/c1-12(2)19-8-5-6-18-7-9-20-16-13(3)10-15(17)11-14(16)4/h10-12,18H,5-9H2,1-4H3. The Hall–Kier alpha value is -0.770. The van der Waals surface area contributed by atoms with E-state index in [0.29, 0.717) is 12.7 Å². The summed E-state index contributed by atoms with van der Waals surface area (Å²) < 4.78 is 11.3. The van der Waals surface area contributed by atoms with Crippen LogP contribution in [0.1, 0.15) is 31.4 Å². The van der Waals surface area contributed by atoms with Crippen LogP contribution in [0, 0.1) is 13.8 Å². The summed E-state index contributed by atoms with van der Waals surface area (Å²) in [5.41, 5.74) is 2.17. The van der Waals surface area contributed by atoms with E-state index in [4.69, 9.17) is 21.1 Å². The number of hydrogen-bond acceptors (Lipinski definition) is 3. The van der Waals surface area contributed by atoms with E-state index in [2.05, 4.69) is 19.2 Å². The first-order valence-electron chi connectivity index (χ1n) is 7.22. The largest absolute Gasteiger partial charge is 0.492 e. The maximum absolute atomic E-state index is 6.00. The highest BCUT2D eigenvalue weighted by Crippen LogP contribution is 2.26. The van der Waals surface area contributed by atoms with Crippen molar-refractivity contribution in [3.8, 4) is 5.75 Å². The van der Waals surface area contributed by atoms with Crippen molar-refractivity contribution in [1.29, 1.82) is 0 Å². The number of ether oxygens (including phenoxy) is 2. The highest BCUT2D eigenvalue weighted by atomic mass is 35.5. The molecule has 0 radical (unpaired) electrons. The Balaban J connectivity index is 2.16. The molecular formula is C16H26ClNO2. The zero-order valence-corrected chi connectivity index (χ0v) is 13.7. The molecule has 0 saturated heterocycles. The molecule has 0 saturated carbocycles. The van der Waals surface area contributed by atoms with Crippen LogP contribution < -0.4 is 10.1 Å². The molecule has 0 aliphatic carbocycles. The van der Waals surface area contributed by atoms with Crippen molar-refractivity contribution >= 4 is 11.6 Å². The normalized spacial score (nSPS) is 11.1. The Labute approximate surface area is 127 Å². The molecule has 1 aromatic carbocycles. The quantitative estimate of drug-likeness (QED) is 0.705. The maximum Gasteiger partial charge on any atom is 0.125 e. The lowest BCUT2D eigenvalue weighted by atomic mass is 10.1. The molecule has 0 bridgehead atoms. The second-order valence-electron chi connectivity index (χ2n) is 5.24. The average molecular weight is 300 g/mol. The van der Waals surface area contributed by atoms with E-state index in [9.17, 15) is 0 Å². The summed E-state index contributed by atoms with van der Waals surface area (Å²) in [6, 6.07) is 3.86. The molecular weight excluding hydrogens is 274 g/mol. The summed E-state index contributed by atoms with van der Waals surface area (Å²) in [7, 11) is 0. The number of nitrogens with one attached hydrogen (secondary N) is 1. The molecule has 0 atom stereocenters. The van der Waals surface area contributed by atoms with Gasteiger partial charge in [0.2, 0.25) is 0 Å². The van der Waals surface area contributed by atoms with E-state index < -0.39 is 0 Å². The summed E-state index contributed by atoms with van der Waals surface area (Å²) in [5, 5.41) is 4.11. The van der Waals surface area contributed by atoms with Crippen molar-refractivity contribution < 1.29 is 9.47 Å². The molecule has 3 nitrogen and oxygen atoms in total. The van der Waals surface area contributed by atoms with Crippen LogP contribution in [0.25, 0.3) is 0 Å². The molecule has 0 aromatic heterocycles. The Morgan fingerprint density at radius 1 is 1.10 bits per heavy atom. The zero-order valence-electron chi connectivity index (χ0n) is 13.0. The van der Waals surface area contributed by atoms with Gasteiger partial charge in [-0.3, -0.25) is 0 Å². The predicted octanol–water partition coefficient (Wildman–Crippen LogP) is 3.74. The Morgan fingerprint density at radius 2 is 1.75 bits per heavy atom. The maximum atomic E-state index is 6.00. The van der Waals surface area contributed by atoms with Crippen molar-refractivity contribution in [2.45, 2.75) is 40.2 Å². The monoisotopic (exact) mass is 299 g/mol. The third-order valence-corrected chi connectivity index (χ3v) is 3.12. The van der Waals surface area contributed by atoms with Gasteiger partial charge in [-0.05, 0) is 63.9 Å². The first kappa shape index (κ1) is 17.3. The van der Waals surface area contributed by atoms with Crippen LogP contribution in [0.15, 0.2) is 12.1 Å². The van der Waals surface area contributed by atoms with Crippen molar-refractivity contribution in [3.05, 3.63) is 28.3 Å². The molecule has 0 aliphatic rings. The minimum absolute atomic E-state index is 0.314. The summed E-state index contributed by atoms with van der Waals surface area (Å²) >= 11 is 6.00. The van der Waals surface area contributed by atoms with Gasteiger partial charge in [0.25, 0.3) is 0 Å². The van der Waals surface area contributed by atoms with E-state index in [1.807, 2.05) is 26.0 Å². The fraction of sp³-hybridized carbons (Fsp3) is 0.625. The smallest absolute Gasteiger partial charge is 0.125 e. The first-order chi connectivity index (χ1) is 9.50. The van der Waals surface area contributed by atoms with E-state index in [1.165, 1.54) is 0 Å². The van der Waals surface area contributed by atoms with E-state index >= 15 is 0 Å². The third-order valence-electron chi connectivity index (χ3n) is 2.90. The summed E-state index contributed by atoms with van der Waals surface area (Å²) in [4.78, 5) is 0.